The molecule has 7 heteroatoms. The molecule has 0 bridgehead atoms. The van der Waals surface area contributed by atoms with Crippen LogP contribution in [0.25, 0.3) is 11.0 Å². The van der Waals surface area contributed by atoms with Gasteiger partial charge < -0.3 is 18.6 Å². The molecule has 0 aliphatic heterocycles. The quantitative estimate of drug-likeness (QED) is 0.867. The minimum absolute atomic E-state index is 0.161. The molecule has 0 saturated heterocycles. The normalized spacial score (nSPS) is 13.6. The first kappa shape index (κ1) is 14.0. The minimum atomic E-state index is -3.80. The maximum absolute atomic E-state index is 12.2. The Morgan fingerprint density at radius 3 is 2.53 bits per heavy atom. The number of aliphatic hydroxyl groups excluding tert-OH is 1. The van der Waals surface area contributed by atoms with E-state index < -0.39 is 18.9 Å². The summed E-state index contributed by atoms with van der Waals surface area (Å²) < 4.78 is 26.6. The van der Waals surface area contributed by atoms with Crippen LogP contribution < -0.4 is 5.43 Å². The van der Waals surface area contributed by atoms with E-state index in [2.05, 4.69) is 9.05 Å². The van der Waals surface area contributed by atoms with Gasteiger partial charge in [0, 0.05) is 14.2 Å². The topological polar surface area (TPSA) is 86.0 Å². The molecule has 0 spiro atoms. The van der Waals surface area contributed by atoms with Crippen molar-refractivity contribution in [1.29, 1.82) is 0 Å². The molecule has 1 heterocycles. The second-order valence-corrected chi connectivity index (χ2v) is 6.09. The van der Waals surface area contributed by atoms with E-state index in [1.165, 1.54) is 0 Å². The zero-order valence-electron chi connectivity index (χ0n) is 10.4. The number of hydrogen-bond donors (Lipinski definition) is 1. The average Bonchev–Trinajstić information content (AvgIpc) is 2.46. The van der Waals surface area contributed by atoms with Gasteiger partial charge in [0.05, 0.1) is 10.9 Å². The number of hydrogen-bond acceptors (Lipinski definition) is 6. The predicted octanol–water partition coefficient (Wildman–Crippen LogP) is 2.27. The van der Waals surface area contributed by atoms with Gasteiger partial charge in [-0.3, -0.25) is 9.36 Å². The highest BCUT2D eigenvalue weighted by Gasteiger charge is 2.36. The molecule has 0 amide bonds. The van der Waals surface area contributed by atoms with E-state index in [9.17, 15) is 14.5 Å². The summed E-state index contributed by atoms with van der Waals surface area (Å²) in [7, 11) is -1.53. The van der Waals surface area contributed by atoms with E-state index in [0.717, 1.165) is 20.5 Å². The summed E-state index contributed by atoms with van der Waals surface area (Å²) in [5.74, 6) is -1.69. The Labute approximate surface area is 109 Å². The number of benzene rings is 1. The van der Waals surface area contributed by atoms with E-state index >= 15 is 0 Å². The van der Waals surface area contributed by atoms with Crippen LogP contribution in [0.1, 0.15) is 11.4 Å². The number of fused-ring (bicyclic) bond motifs is 1. The zero-order chi connectivity index (χ0) is 14.0. The highest BCUT2D eigenvalue weighted by atomic mass is 31.2. The van der Waals surface area contributed by atoms with E-state index in [-0.39, 0.29) is 10.9 Å². The van der Waals surface area contributed by atoms with Crippen LogP contribution >= 0.6 is 7.60 Å². The molecule has 1 aromatic heterocycles. The van der Waals surface area contributed by atoms with Gasteiger partial charge in [-0.05, 0) is 12.1 Å². The van der Waals surface area contributed by atoms with Crippen molar-refractivity contribution in [3.63, 3.8) is 0 Å². The molecule has 1 N–H and O–H groups in total. The van der Waals surface area contributed by atoms with Crippen molar-refractivity contribution in [2.75, 3.05) is 14.2 Å². The first-order valence-electron chi connectivity index (χ1n) is 5.43. The lowest BCUT2D eigenvalue weighted by Crippen LogP contribution is -2.14. The van der Waals surface area contributed by atoms with Crippen molar-refractivity contribution in [1.82, 2.24) is 0 Å². The van der Waals surface area contributed by atoms with Crippen molar-refractivity contribution in [3.8, 4) is 0 Å². The van der Waals surface area contributed by atoms with Gasteiger partial charge >= 0.3 is 7.60 Å². The van der Waals surface area contributed by atoms with Crippen molar-refractivity contribution >= 4 is 18.6 Å². The molecule has 0 saturated carbocycles. The summed E-state index contributed by atoms with van der Waals surface area (Å²) >= 11 is 0. The fraction of sp³-hybridized carbons (Fsp3) is 0.250. The summed E-state index contributed by atoms with van der Waals surface area (Å²) in [5, 5.41) is 10.3. The summed E-state index contributed by atoms with van der Waals surface area (Å²) in [6, 6.07) is 6.57. The second-order valence-electron chi connectivity index (χ2n) is 3.79. The molecule has 19 heavy (non-hydrogen) atoms. The molecule has 1 atom stereocenters. The van der Waals surface area contributed by atoms with Gasteiger partial charge in [0.15, 0.2) is 11.3 Å². The Kier molecular flexibility index (Phi) is 3.87. The molecule has 0 fully saturated rings. The highest BCUT2D eigenvalue weighted by molar-refractivity contribution is 7.53. The van der Waals surface area contributed by atoms with Gasteiger partial charge in [0.1, 0.15) is 11.8 Å². The molecule has 1 unspecified atom stereocenters. The molecular formula is C12H13O6P. The van der Waals surface area contributed by atoms with Gasteiger partial charge in [-0.1, -0.05) is 12.1 Å². The summed E-state index contributed by atoms with van der Waals surface area (Å²) in [6.45, 7) is 0. The standard InChI is InChI=1S/C12H13O6P/c1-16-19(15,17-2)12(14)9-7-18-10-6-4-3-5-8(10)11(9)13/h3-7,12,14H,1-2H3. The largest absolute Gasteiger partial charge is 0.464 e. The summed E-state index contributed by atoms with van der Waals surface area (Å²) in [4.78, 5) is 12.2. The van der Waals surface area contributed by atoms with Crippen molar-refractivity contribution in [2.24, 2.45) is 0 Å². The van der Waals surface area contributed by atoms with Crippen LogP contribution in [0.2, 0.25) is 0 Å². The third-order valence-electron chi connectivity index (χ3n) is 2.79. The zero-order valence-corrected chi connectivity index (χ0v) is 11.3. The summed E-state index contributed by atoms with van der Waals surface area (Å²) in [6.07, 6.45) is 1.07. The molecular weight excluding hydrogens is 271 g/mol. The van der Waals surface area contributed by atoms with Crippen LogP contribution in [0.3, 0.4) is 0 Å². The average molecular weight is 284 g/mol. The molecule has 2 rings (SSSR count). The Morgan fingerprint density at radius 1 is 1.26 bits per heavy atom. The third kappa shape index (κ3) is 2.35. The van der Waals surface area contributed by atoms with Gasteiger partial charge in [-0.25, -0.2) is 0 Å². The minimum Gasteiger partial charge on any atom is -0.464 e. The van der Waals surface area contributed by atoms with Gasteiger partial charge in [-0.15, -0.1) is 0 Å². The van der Waals surface area contributed by atoms with Crippen LogP contribution in [-0.2, 0) is 13.6 Å². The van der Waals surface area contributed by atoms with Crippen molar-refractivity contribution in [3.05, 3.63) is 46.3 Å². The van der Waals surface area contributed by atoms with Crippen LogP contribution in [0.5, 0.6) is 0 Å². The predicted molar refractivity (Wildman–Crippen MR) is 69.1 cm³/mol. The number of para-hydroxylation sites is 1. The van der Waals surface area contributed by atoms with Crippen LogP contribution in [-0.4, -0.2) is 19.3 Å². The highest BCUT2D eigenvalue weighted by Crippen LogP contribution is 2.57. The molecule has 0 aliphatic rings. The first-order chi connectivity index (χ1) is 9.03. The van der Waals surface area contributed by atoms with E-state index in [4.69, 9.17) is 4.42 Å². The molecule has 2 aromatic rings. The Morgan fingerprint density at radius 2 is 1.89 bits per heavy atom. The molecule has 0 radical (unpaired) electrons. The Balaban J connectivity index is 2.61. The van der Waals surface area contributed by atoms with Gasteiger partial charge in [-0.2, -0.15) is 0 Å². The third-order valence-corrected chi connectivity index (χ3v) is 4.69. The SMILES string of the molecule is COP(=O)(OC)C(O)c1coc2ccccc2c1=O. The monoisotopic (exact) mass is 284 g/mol. The van der Waals surface area contributed by atoms with Crippen molar-refractivity contribution < 1.29 is 23.1 Å². The number of aliphatic hydroxyl groups is 1. The lowest BCUT2D eigenvalue weighted by molar-refractivity contribution is 0.174. The van der Waals surface area contributed by atoms with Crippen LogP contribution in [0, 0.1) is 0 Å². The maximum Gasteiger partial charge on any atom is 0.363 e. The lowest BCUT2D eigenvalue weighted by Gasteiger charge is -2.19. The van der Waals surface area contributed by atoms with Crippen LogP contribution in [0.15, 0.2) is 39.7 Å². The maximum atomic E-state index is 12.2. The van der Waals surface area contributed by atoms with Crippen molar-refractivity contribution in [2.45, 2.75) is 5.85 Å². The first-order valence-corrected chi connectivity index (χ1v) is 7.04. The van der Waals surface area contributed by atoms with E-state index in [1.807, 2.05) is 0 Å². The van der Waals surface area contributed by atoms with E-state index in [0.29, 0.717) is 5.58 Å². The van der Waals surface area contributed by atoms with E-state index in [1.54, 1.807) is 24.3 Å². The fourth-order valence-corrected chi connectivity index (χ4v) is 2.78. The molecule has 1 aromatic carbocycles. The molecule has 0 aliphatic carbocycles. The number of rotatable bonds is 4. The van der Waals surface area contributed by atoms with Crippen LogP contribution in [0.4, 0.5) is 0 Å². The fourth-order valence-electron chi connectivity index (χ4n) is 1.72. The molecule has 6 nitrogen and oxygen atoms in total. The molecule has 102 valence electrons. The Bertz CT molecular complexity index is 684. The van der Waals surface area contributed by atoms with Gasteiger partial charge in [0.2, 0.25) is 0 Å². The lowest BCUT2D eigenvalue weighted by atomic mass is 10.2. The smallest absolute Gasteiger partial charge is 0.363 e. The summed E-state index contributed by atoms with van der Waals surface area (Å²) in [5.41, 5.74) is -0.248. The van der Waals surface area contributed by atoms with Gasteiger partial charge in [0.25, 0.3) is 0 Å². The Hall–Kier alpha value is -1.46. The second kappa shape index (κ2) is 5.27.